The van der Waals surface area contributed by atoms with Crippen LogP contribution in [0.2, 0.25) is 0 Å². The monoisotopic (exact) mass is 345 g/mol. The molecule has 2 rings (SSSR count). The number of hydrogen-bond acceptors (Lipinski definition) is 4. The maximum absolute atomic E-state index is 5.65. The van der Waals surface area contributed by atoms with Crippen molar-refractivity contribution in [1.29, 1.82) is 0 Å². The zero-order valence-corrected chi connectivity index (χ0v) is 14.7. The minimum atomic E-state index is 0.515. The molecule has 0 aliphatic heterocycles. The van der Waals surface area contributed by atoms with E-state index in [1.54, 1.807) is 13.3 Å². The van der Waals surface area contributed by atoms with Gasteiger partial charge in [-0.25, -0.2) is 0 Å². The van der Waals surface area contributed by atoms with Crippen molar-refractivity contribution in [3.63, 3.8) is 0 Å². The van der Waals surface area contributed by atoms with Crippen LogP contribution < -0.4 is 15.4 Å². The molecule has 1 heterocycles. The summed E-state index contributed by atoms with van der Waals surface area (Å²) in [5.41, 5.74) is 0. The number of para-hydroxylation sites is 1. The average molecular weight is 345 g/mol. The Bertz CT molecular complexity index is 585. The molecule has 1 aromatic carbocycles. The van der Waals surface area contributed by atoms with Crippen molar-refractivity contribution in [2.24, 2.45) is 4.99 Å². The average Bonchev–Trinajstić information content (AvgIpc) is 3.17. The van der Waals surface area contributed by atoms with E-state index in [0.717, 1.165) is 43.4 Å². The Morgan fingerprint density at radius 2 is 1.76 bits per heavy atom. The lowest BCUT2D eigenvalue weighted by atomic mass is 10.3. The van der Waals surface area contributed by atoms with E-state index in [-0.39, 0.29) is 0 Å². The quantitative estimate of drug-likeness (QED) is 0.372. The van der Waals surface area contributed by atoms with E-state index in [1.807, 2.05) is 42.5 Å². The third-order valence-corrected chi connectivity index (χ3v) is 3.43. The summed E-state index contributed by atoms with van der Waals surface area (Å²) >= 11 is 0. The first-order valence-electron chi connectivity index (χ1n) is 8.61. The zero-order chi connectivity index (χ0) is 17.6. The topological polar surface area (TPSA) is 68.0 Å². The van der Waals surface area contributed by atoms with Crippen molar-refractivity contribution < 1.29 is 13.9 Å². The molecule has 1 aromatic heterocycles. The van der Waals surface area contributed by atoms with Crippen molar-refractivity contribution in [2.45, 2.75) is 19.4 Å². The molecule has 25 heavy (non-hydrogen) atoms. The molecule has 0 bridgehead atoms. The second-order valence-corrected chi connectivity index (χ2v) is 5.43. The Hall–Kier alpha value is -2.47. The molecule has 0 aliphatic carbocycles. The first-order valence-corrected chi connectivity index (χ1v) is 8.61. The lowest BCUT2D eigenvalue weighted by Gasteiger charge is -2.12. The van der Waals surface area contributed by atoms with Gasteiger partial charge in [0.25, 0.3) is 0 Å². The van der Waals surface area contributed by atoms with Crippen LogP contribution in [0.3, 0.4) is 0 Å². The van der Waals surface area contributed by atoms with Gasteiger partial charge in [-0.2, -0.15) is 0 Å². The minimum Gasteiger partial charge on any atom is -0.494 e. The van der Waals surface area contributed by atoms with Crippen LogP contribution in [0.25, 0.3) is 0 Å². The number of hydrogen-bond donors (Lipinski definition) is 2. The molecule has 2 N–H and O–H groups in total. The lowest BCUT2D eigenvalue weighted by Crippen LogP contribution is -2.38. The molecule has 0 saturated carbocycles. The Morgan fingerprint density at radius 3 is 2.44 bits per heavy atom. The highest BCUT2D eigenvalue weighted by atomic mass is 16.5. The van der Waals surface area contributed by atoms with Crippen LogP contribution in [0.4, 0.5) is 0 Å². The van der Waals surface area contributed by atoms with Gasteiger partial charge in [-0.3, -0.25) is 4.99 Å². The molecule has 6 nitrogen and oxygen atoms in total. The zero-order valence-electron chi connectivity index (χ0n) is 14.7. The smallest absolute Gasteiger partial charge is 0.190 e. The van der Waals surface area contributed by atoms with Crippen LogP contribution in [-0.4, -0.2) is 39.3 Å². The van der Waals surface area contributed by atoms with Gasteiger partial charge in [0.1, 0.15) is 18.1 Å². The molecule has 2 aromatic rings. The summed E-state index contributed by atoms with van der Waals surface area (Å²) in [5.74, 6) is 2.55. The molecule has 0 spiro atoms. The largest absolute Gasteiger partial charge is 0.494 e. The van der Waals surface area contributed by atoms with Crippen molar-refractivity contribution in [3.05, 3.63) is 54.5 Å². The number of rotatable bonds is 11. The molecule has 0 fully saturated rings. The molecule has 0 atom stereocenters. The van der Waals surface area contributed by atoms with Crippen molar-refractivity contribution in [2.75, 3.05) is 33.4 Å². The van der Waals surface area contributed by atoms with Gasteiger partial charge >= 0.3 is 0 Å². The number of guanidine groups is 1. The first kappa shape index (κ1) is 18.9. The highest BCUT2D eigenvalue weighted by Crippen LogP contribution is 2.08. The lowest BCUT2D eigenvalue weighted by molar-refractivity contribution is 0.105. The maximum atomic E-state index is 5.65. The second kappa shape index (κ2) is 12.0. The van der Waals surface area contributed by atoms with E-state index in [2.05, 4.69) is 15.6 Å². The molecule has 0 amide bonds. The highest BCUT2D eigenvalue weighted by molar-refractivity contribution is 5.79. The Kier molecular flexibility index (Phi) is 9.03. The molecule has 0 aliphatic rings. The van der Waals surface area contributed by atoms with Crippen LogP contribution in [-0.2, 0) is 11.3 Å². The van der Waals surface area contributed by atoms with Gasteiger partial charge in [0.2, 0.25) is 0 Å². The van der Waals surface area contributed by atoms with Crippen molar-refractivity contribution in [3.8, 4) is 5.75 Å². The molecule has 6 heteroatoms. The number of benzene rings is 1. The van der Waals surface area contributed by atoms with Gasteiger partial charge in [0, 0.05) is 26.7 Å². The van der Waals surface area contributed by atoms with Crippen molar-refractivity contribution >= 4 is 5.96 Å². The van der Waals surface area contributed by atoms with E-state index in [1.165, 1.54) is 0 Å². The molecular formula is C19H27N3O3. The SMILES string of the molecule is CN=C(NCCCOCc1ccco1)NCCCOc1ccccc1. The standard InChI is InChI=1S/C19H27N3O3/c1-20-19(21-11-6-13-23-16-18-10-5-14-25-18)22-12-7-15-24-17-8-3-2-4-9-17/h2-5,8-10,14H,6-7,11-13,15-16H2,1H3,(H2,20,21,22). The summed E-state index contributed by atoms with van der Waals surface area (Å²) in [6.07, 6.45) is 3.46. The Labute approximate surface area is 149 Å². The molecule has 0 saturated heterocycles. The molecular weight excluding hydrogens is 318 g/mol. The minimum absolute atomic E-state index is 0.515. The Morgan fingerprint density at radius 1 is 1.00 bits per heavy atom. The summed E-state index contributed by atoms with van der Waals surface area (Å²) < 4.78 is 16.4. The number of aliphatic imine (C=N–C) groups is 1. The van der Waals surface area contributed by atoms with E-state index >= 15 is 0 Å². The van der Waals surface area contributed by atoms with E-state index in [4.69, 9.17) is 13.9 Å². The summed E-state index contributed by atoms with van der Waals surface area (Å²) in [6, 6.07) is 13.6. The molecule has 0 unspecified atom stereocenters. The normalized spacial score (nSPS) is 11.3. The highest BCUT2D eigenvalue weighted by Gasteiger charge is 1.98. The number of nitrogens with zero attached hydrogens (tertiary/aromatic N) is 1. The fourth-order valence-electron chi connectivity index (χ4n) is 2.15. The summed E-state index contributed by atoms with van der Waals surface area (Å²) in [4.78, 5) is 4.20. The third-order valence-electron chi connectivity index (χ3n) is 3.43. The fourth-order valence-corrected chi connectivity index (χ4v) is 2.15. The van der Waals surface area contributed by atoms with E-state index < -0.39 is 0 Å². The summed E-state index contributed by atoms with van der Waals surface area (Å²) in [5, 5.41) is 6.54. The first-order chi connectivity index (χ1) is 12.4. The Balaban J connectivity index is 1.45. The van der Waals surface area contributed by atoms with Crippen LogP contribution in [0.15, 0.2) is 58.1 Å². The van der Waals surface area contributed by atoms with Crippen LogP contribution in [0.1, 0.15) is 18.6 Å². The van der Waals surface area contributed by atoms with Gasteiger partial charge in [-0.05, 0) is 37.1 Å². The fraction of sp³-hybridized carbons (Fsp3) is 0.421. The number of nitrogens with one attached hydrogen (secondary N) is 2. The number of furan rings is 1. The third kappa shape index (κ3) is 8.26. The van der Waals surface area contributed by atoms with Gasteiger partial charge in [-0.1, -0.05) is 18.2 Å². The maximum Gasteiger partial charge on any atom is 0.190 e. The van der Waals surface area contributed by atoms with Gasteiger partial charge in [0.05, 0.1) is 12.9 Å². The van der Waals surface area contributed by atoms with E-state index in [0.29, 0.717) is 19.8 Å². The summed E-state index contributed by atoms with van der Waals surface area (Å²) in [6.45, 7) is 3.48. The molecule has 136 valence electrons. The van der Waals surface area contributed by atoms with Crippen LogP contribution in [0, 0.1) is 0 Å². The second-order valence-electron chi connectivity index (χ2n) is 5.43. The van der Waals surface area contributed by atoms with Gasteiger partial charge < -0.3 is 24.5 Å². The number of ether oxygens (including phenoxy) is 2. The molecule has 0 radical (unpaired) electrons. The van der Waals surface area contributed by atoms with Gasteiger partial charge in [-0.15, -0.1) is 0 Å². The summed E-state index contributed by atoms with van der Waals surface area (Å²) in [7, 11) is 1.77. The predicted molar refractivity (Wildman–Crippen MR) is 98.9 cm³/mol. The van der Waals surface area contributed by atoms with Gasteiger partial charge in [0.15, 0.2) is 5.96 Å². The van der Waals surface area contributed by atoms with Crippen molar-refractivity contribution in [1.82, 2.24) is 10.6 Å². The van der Waals surface area contributed by atoms with Crippen LogP contribution in [0.5, 0.6) is 5.75 Å². The van der Waals surface area contributed by atoms with Crippen LogP contribution >= 0.6 is 0 Å². The van der Waals surface area contributed by atoms with E-state index in [9.17, 15) is 0 Å². The predicted octanol–water partition coefficient (Wildman–Crippen LogP) is 2.82.